The summed E-state index contributed by atoms with van der Waals surface area (Å²) in [6.07, 6.45) is 2.00. The van der Waals surface area contributed by atoms with Gasteiger partial charge in [0.05, 0.1) is 19.8 Å². The van der Waals surface area contributed by atoms with Crippen LogP contribution in [0.5, 0.6) is 0 Å². The van der Waals surface area contributed by atoms with E-state index in [4.69, 9.17) is 20.1 Å². The lowest BCUT2D eigenvalue weighted by Gasteiger charge is -2.19. The summed E-state index contributed by atoms with van der Waals surface area (Å²) in [5, 5.41) is 23.5. The van der Waals surface area contributed by atoms with E-state index in [-0.39, 0.29) is 52.0 Å². The van der Waals surface area contributed by atoms with E-state index >= 15 is 0 Å². The van der Waals surface area contributed by atoms with E-state index in [1.807, 2.05) is 7.05 Å². The number of aliphatic hydroxyl groups is 1. The van der Waals surface area contributed by atoms with Gasteiger partial charge in [-0.05, 0) is 56.1 Å². The van der Waals surface area contributed by atoms with Gasteiger partial charge in [0.2, 0.25) is 17.7 Å². The Morgan fingerprint density at radius 1 is 1.06 bits per heavy atom. The molecule has 13 nitrogen and oxygen atoms in total. The SMILES string of the molecule is CNCCCCC(NC(=O)COCC(=O)NCCOCCN=[N+]=[N-])C(=O)Nc1ccc(CO)cc1. The van der Waals surface area contributed by atoms with Crippen LogP contribution in [0, 0.1) is 0 Å². The Morgan fingerprint density at radius 2 is 1.80 bits per heavy atom. The number of azide groups is 1. The van der Waals surface area contributed by atoms with Gasteiger partial charge in [-0.3, -0.25) is 14.4 Å². The minimum Gasteiger partial charge on any atom is -0.392 e. The van der Waals surface area contributed by atoms with Crippen molar-refractivity contribution >= 4 is 23.4 Å². The third-order valence-electron chi connectivity index (χ3n) is 4.66. The monoisotopic (exact) mass is 493 g/mol. The van der Waals surface area contributed by atoms with Crippen molar-refractivity contribution in [2.24, 2.45) is 5.11 Å². The normalized spacial score (nSPS) is 11.3. The fourth-order valence-electron chi connectivity index (χ4n) is 2.88. The third-order valence-corrected chi connectivity index (χ3v) is 4.66. The quantitative estimate of drug-likeness (QED) is 0.0800. The molecule has 0 saturated carbocycles. The average Bonchev–Trinajstić information content (AvgIpc) is 2.85. The lowest BCUT2D eigenvalue weighted by molar-refractivity contribution is -0.133. The number of nitrogens with one attached hydrogen (secondary N) is 4. The molecule has 0 aliphatic rings. The van der Waals surface area contributed by atoms with Gasteiger partial charge in [-0.2, -0.15) is 0 Å². The molecule has 0 aromatic heterocycles. The lowest BCUT2D eigenvalue weighted by Crippen LogP contribution is -2.45. The number of anilines is 1. The van der Waals surface area contributed by atoms with E-state index < -0.39 is 17.9 Å². The zero-order valence-electron chi connectivity index (χ0n) is 20.0. The zero-order chi connectivity index (χ0) is 25.7. The molecule has 0 heterocycles. The van der Waals surface area contributed by atoms with Crippen molar-refractivity contribution < 1.29 is 29.0 Å². The highest BCUT2D eigenvalue weighted by Crippen LogP contribution is 2.11. The van der Waals surface area contributed by atoms with Gasteiger partial charge in [-0.1, -0.05) is 17.2 Å². The maximum atomic E-state index is 12.7. The first kappa shape index (κ1) is 29.8. The van der Waals surface area contributed by atoms with E-state index in [1.165, 1.54) is 0 Å². The average molecular weight is 494 g/mol. The highest BCUT2D eigenvalue weighted by molar-refractivity contribution is 5.97. The minimum atomic E-state index is -0.767. The van der Waals surface area contributed by atoms with Crippen LogP contribution >= 0.6 is 0 Å². The molecule has 35 heavy (non-hydrogen) atoms. The fourth-order valence-corrected chi connectivity index (χ4v) is 2.88. The number of rotatable bonds is 19. The second-order valence-corrected chi connectivity index (χ2v) is 7.47. The van der Waals surface area contributed by atoms with Crippen LogP contribution in [-0.2, 0) is 30.5 Å². The summed E-state index contributed by atoms with van der Waals surface area (Å²) in [6.45, 7) is 0.982. The molecule has 1 aromatic rings. The van der Waals surface area contributed by atoms with Gasteiger partial charge >= 0.3 is 0 Å². The van der Waals surface area contributed by atoms with Crippen LogP contribution < -0.4 is 21.3 Å². The molecule has 1 atom stereocenters. The Kier molecular flexibility index (Phi) is 16.3. The van der Waals surface area contributed by atoms with Gasteiger partial charge in [-0.25, -0.2) is 0 Å². The van der Waals surface area contributed by atoms with Crippen molar-refractivity contribution in [2.45, 2.75) is 31.9 Å². The van der Waals surface area contributed by atoms with Crippen LogP contribution in [0.3, 0.4) is 0 Å². The summed E-state index contributed by atoms with van der Waals surface area (Å²) in [4.78, 5) is 39.4. The number of ether oxygens (including phenoxy) is 2. The van der Waals surface area contributed by atoms with Gasteiger partial charge in [0.25, 0.3) is 0 Å². The van der Waals surface area contributed by atoms with Gasteiger partial charge in [0, 0.05) is 23.7 Å². The van der Waals surface area contributed by atoms with Crippen LogP contribution in [0.4, 0.5) is 5.69 Å². The maximum absolute atomic E-state index is 12.7. The number of benzene rings is 1. The fraction of sp³-hybridized carbons (Fsp3) is 0.591. The van der Waals surface area contributed by atoms with Crippen LogP contribution in [0.1, 0.15) is 24.8 Å². The van der Waals surface area contributed by atoms with E-state index in [2.05, 4.69) is 31.3 Å². The molecule has 1 aromatic carbocycles. The molecule has 0 saturated heterocycles. The number of nitrogens with zero attached hydrogens (tertiary/aromatic N) is 3. The second kappa shape index (κ2) is 19.1. The Labute approximate surface area is 204 Å². The highest BCUT2D eigenvalue weighted by atomic mass is 16.5. The van der Waals surface area contributed by atoms with Crippen LogP contribution in [0.25, 0.3) is 10.4 Å². The van der Waals surface area contributed by atoms with Crippen LogP contribution in [-0.4, -0.2) is 82.0 Å². The third kappa shape index (κ3) is 14.6. The first-order chi connectivity index (χ1) is 17.0. The molecule has 194 valence electrons. The summed E-state index contributed by atoms with van der Waals surface area (Å²) in [6, 6.07) is 5.98. The van der Waals surface area contributed by atoms with Gasteiger partial charge in [0.1, 0.15) is 19.3 Å². The second-order valence-electron chi connectivity index (χ2n) is 7.47. The Bertz CT molecular complexity index is 815. The number of unbranched alkanes of at least 4 members (excludes halogenated alkanes) is 1. The molecule has 1 unspecified atom stereocenters. The van der Waals surface area contributed by atoms with Gasteiger partial charge < -0.3 is 35.8 Å². The zero-order valence-corrected chi connectivity index (χ0v) is 20.0. The predicted octanol–water partition coefficient (Wildman–Crippen LogP) is 0.452. The van der Waals surface area contributed by atoms with E-state index in [0.29, 0.717) is 12.1 Å². The van der Waals surface area contributed by atoms with Crippen molar-refractivity contribution in [3.63, 3.8) is 0 Å². The van der Waals surface area contributed by atoms with Crippen molar-refractivity contribution in [3.05, 3.63) is 40.3 Å². The molecule has 3 amide bonds. The van der Waals surface area contributed by atoms with Crippen molar-refractivity contribution in [1.29, 1.82) is 0 Å². The molecule has 0 aliphatic carbocycles. The van der Waals surface area contributed by atoms with Crippen molar-refractivity contribution in [1.82, 2.24) is 16.0 Å². The Morgan fingerprint density at radius 3 is 2.49 bits per heavy atom. The topological polar surface area (TPSA) is 187 Å². The van der Waals surface area contributed by atoms with Gasteiger partial charge in [-0.15, -0.1) is 0 Å². The summed E-state index contributed by atoms with van der Waals surface area (Å²) in [7, 11) is 1.84. The first-order valence-corrected chi connectivity index (χ1v) is 11.4. The molecular formula is C22H35N7O6. The van der Waals surface area contributed by atoms with E-state index in [9.17, 15) is 14.4 Å². The molecule has 0 fully saturated rings. The number of hydrogen-bond donors (Lipinski definition) is 5. The van der Waals surface area contributed by atoms with Crippen LogP contribution in [0.2, 0.25) is 0 Å². The minimum absolute atomic E-state index is 0.0942. The van der Waals surface area contributed by atoms with E-state index in [0.717, 1.165) is 24.9 Å². The van der Waals surface area contributed by atoms with Gasteiger partial charge in [0.15, 0.2) is 0 Å². The largest absolute Gasteiger partial charge is 0.392 e. The maximum Gasteiger partial charge on any atom is 0.246 e. The highest BCUT2D eigenvalue weighted by Gasteiger charge is 2.21. The predicted molar refractivity (Wildman–Crippen MR) is 129 cm³/mol. The molecule has 1 rings (SSSR count). The number of aliphatic hydroxyl groups excluding tert-OH is 1. The lowest BCUT2D eigenvalue weighted by atomic mass is 10.1. The number of hydrogen-bond acceptors (Lipinski definition) is 8. The molecule has 0 aliphatic heterocycles. The summed E-state index contributed by atoms with van der Waals surface area (Å²) >= 11 is 0. The van der Waals surface area contributed by atoms with Crippen molar-refractivity contribution in [2.75, 3.05) is 58.4 Å². The molecule has 0 bridgehead atoms. The molecule has 13 heteroatoms. The number of carbonyl (C=O) groups excluding carboxylic acids is 3. The smallest absolute Gasteiger partial charge is 0.246 e. The summed E-state index contributed by atoms with van der Waals surface area (Å²) in [5.41, 5.74) is 9.42. The summed E-state index contributed by atoms with van der Waals surface area (Å²) in [5.74, 6) is -1.29. The Hall–Kier alpha value is -3.22. The number of amides is 3. The molecule has 0 spiro atoms. The molecule has 0 radical (unpaired) electrons. The standard InChI is InChI=1S/C22H35N7O6/c1-24-9-3-2-4-19(22(33)27-18-7-5-17(14-30)6-8-18)28-21(32)16-35-15-20(31)25-10-12-34-13-11-26-29-23/h5-8,19,24,30H,2-4,9-16H2,1H3,(H,25,31)(H,27,33)(H,28,32). The summed E-state index contributed by atoms with van der Waals surface area (Å²) < 4.78 is 10.3. The molecule has 5 N–H and O–H groups in total. The van der Waals surface area contributed by atoms with Crippen LogP contribution in [0.15, 0.2) is 29.4 Å². The van der Waals surface area contributed by atoms with Crippen molar-refractivity contribution in [3.8, 4) is 0 Å². The first-order valence-electron chi connectivity index (χ1n) is 11.4. The Balaban J connectivity index is 2.41. The van der Waals surface area contributed by atoms with E-state index in [1.54, 1.807) is 24.3 Å². The molecular weight excluding hydrogens is 458 g/mol. The number of carbonyl (C=O) groups is 3.